The molecule has 8 nitrogen and oxygen atoms in total. The molecule has 0 saturated heterocycles. The van der Waals surface area contributed by atoms with Crippen LogP contribution in [0.4, 0.5) is 5.13 Å². The highest BCUT2D eigenvalue weighted by molar-refractivity contribution is 7.89. The third-order valence-electron chi connectivity index (χ3n) is 4.79. The second-order valence-corrected chi connectivity index (χ2v) is 10.6. The third kappa shape index (κ3) is 4.87. The van der Waals surface area contributed by atoms with E-state index >= 15 is 0 Å². The van der Waals surface area contributed by atoms with Crippen LogP contribution in [-0.4, -0.2) is 49.9 Å². The van der Waals surface area contributed by atoms with Gasteiger partial charge in [-0.2, -0.15) is 4.31 Å². The second-order valence-electron chi connectivity index (χ2n) is 7.73. The molecular formula is C22H27N3O5S2. The minimum Gasteiger partial charge on any atom is -0.497 e. The number of amides is 1. The van der Waals surface area contributed by atoms with Gasteiger partial charge in [-0.3, -0.25) is 10.1 Å². The van der Waals surface area contributed by atoms with Crippen molar-refractivity contribution in [1.82, 2.24) is 9.29 Å². The van der Waals surface area contributed by atoms with Crippen molar-refractivity contribution >= 4 is 42.6 Å². The summed E-state index contributed by atoms with van der Waals surface area (Å²) in [6, 6.07) is 9.33. The van der Waals surface area contributed by atoms with Crippen molar-refractivity contribution in [3.8, 4) is 11.5 Å². The highest BCUT2D eigenvalue weighted by atomic mass is 32.2. The predicted octanol–water partition coefficient (Wildman–Crippen LogP) is 4.37. The Labute approximate surface area is 192 Å². The number of carbonyl (C=O) groups excluding carboxylic acids is 1. The zero-order chi connectivity index (χ0) is 23.6. The number of methoxy groups -OCH3 is 2. The number of fused-ring (bicyclic) bond motifs is 1. The summed E-state index contributed by atoms with van der Waals surface area (Å²) in [5, 5.41) is 3.13. The molecule has 0 aliphatic rings. The molecule has 1 aromatic heterocycles. The number of rotatable bonds is 8. The monoisotopic (exact) mass is 477 g/mol. The molecule has 172 valence electrons. The van der Waals surface area contributed by atoms with Crippen molar-refractivity contribution in [3.05, 3.63) is 42.0 Å². The van der Waals surface area contributed by atoms with Crippen LogP contribution in [0.2, 0.25) is 0 Å². The maximum Gasteiger partial charge on any atom is 0.257 e. The molecule has 2 aromatic carbocycles. The zero-order valence-corrected chi connectivity index (χ0v) is 20.5. The molecule has 3 rings (SSSR count). The fourth-order valence-electron chi connectivity index (χ4n) is 3.50. The Bertz CT molecular complexity index is 1210. The normalized spacial score (nSPS) is 12.0. The van der Waals surface area contributed by atoms with Crippen molar-refractivity contribution in [3.63, 3.8) is 0 Å². The molecule has 0 unspecified atom stereocenters. The molecule has 3 aromatic rings. The number of anilines is 1. The number of benzene rings is 2. The quantitative estimate of drug-likeness (QED) is 0.517. The Hall–Kier alpha value is -2.69. The van der Waals surface area contributed by atoms with E-state index in [2.05, 4.69) is 10.3 Å². The van der Waals surface area contributed by atoms with Crippen LogP contribution in [0.15, 0.2) is 41.3 Å². The van der Waals surface area contributed by atoms with Crippen LogP contribution in [0, 0.1) is 0 Å². The Morgan fingerprint density at radius 2 is 1.59 bits per heavy atom. The number of nitrogens with one attached hydrogen (secondary N) is 1. The van der Waals surface area contributed by atoms with Crippen LogP contribution < -0.4 is 14.8 Å². The van der Waals surface area contributed by atoms with Crippen LogP contribution in [0.3, 0.4) is 0 Å². The van der Waals surface area contributed by atoms with Crippen molar-refractivity contribution < 1.29 is 22.7 Å². The van der Waals surface area contributed by atoms with Gasteiger partial charge < -0.3 is 9.47 Å². The van der Waals surface area contributed by atoms with E-state index in [-0.39, 0.29) is 22.9 Å². The molecule has 0 atom stereocenters. The number of ether oxygens (including phenoxy) is 2. The average molecular weight is 478 g/mol. The van der Waals surface area contributed by atoms with Gasteiger partial charge in [0.2, 0.25) is 10.0 Å². The molecule has 0 saturated carbocycles. The van der Waals surface area contributed by atoms with E-state index < -0.39 is 10.0 Å². The molecule has 1 heterocycles. The maximum absolute atomic E-state index is 13.2. The molecule has 0 aliphatic heterocycles. The minimum atomic E-state index is -3.67. The van der Waals surface area contributed by atoms with Gasteiger partial charge in [0.15, 0.2) is 5.13 Å². The largest absolute Gasteiger partial charge is 0.497 e. The summed E-state index contributed by atoms with van der Waals surface area (Å²) in [6.45, 7) is 7.40. The number of hydrogen-bond donors (Lipinski definition) is 1. The van der Waals surface area contributed by atoms with Gasteiger partial charge >= 0.3 is 0 Å². The lowest BCUT2D eigenvalue weighted by Crippen LogP contribution is -2.41. The van der Waals surface area contributed by atoms with E-state index in [0.29, 0.717) is 32.4 Å². The first-order chi connectivity index (χ1) is 15.1. The molecule has 0 fully saturated rings. The number of hydrogen-bond acceptors (Lipinski definition) is 7. The zero-order valence-electron chi connectivity index (χ0n) is 18.9. The number of aromatic nitrogens is 1. The molecule has 1 amide bonds. The molecule has 1 N–H and O–H groups in total. The smallest absolute Gasteiger partial charge is 0.257 e. The summed E-state index contributed by atoms with van der Waals surface area (Å²) >= 11 is 1.21. The number of carbonyl (C=O) groups is 1. The van der Waals surface area contributed by atoms with E-state index in [4.69, 9.17) is 9.47 Å². The first-order valence-corrected chi connectivity index (χ1v) is 12.3. The Morgan fingerprint density at radius 3 is 2.12 bits per heavy atom. The lowest BCUT2D eigenvalue weighted by atomic mass is 10.2. The average Bonchev–Trinajstić information content (AvgIpc) is 3.13. The molecule has 0 aliphatic carbocycles. The highest BCUT2D eigenvalue weighted by Gasteiger charge is 2.29. The van der Waals surface area contributed by atoms with Gasteiger partial charge in [0.05, 0.1) is 29.3 Å². The standard InChI is InChI=1S/C22H27N3O5S2/c1-13(2)25(14(3)4)32(27,28)18-7-8-19-20(12-18)31-22(23-19)24-21(26)15-9-16(29-5)11-17(10-15)30-6/h7-14H,1-6H3,(H,23,24,26). The summed E-state index contributed by atoms with van der Waals surface area (Å²) in [5.74, 6) is 0.613. The van der Waals surface area contributed by atoms with Crippen molar-refractivity contribution in [2.45, 2.75) is 44.7 Å². The van der Waals surface area contributed by atoms with Gasteiger partial charge in [-0.15, -0.1) is 0 Å². The van der Waals surface area contributed by atoms with Gasteiger partial charge in [0.1, 0.15) is 11.5 Å². The number of thiazole rings is 1. The molecule has 10 heteroatoms. The van der Waals surface area contributed by atoms with Crippen LogP contribution in [0.1, 0.15) is 38.1 Å². The Morgan fingerprint density at radius 1 is 1.00 bits per heavy atom. The second kappa shape index (κ2) is 9.43. The van der Waals surface area contributed by atoms with Crippen molar-refractivity contribution in [2.75, 3.05) is 19.5 Å². The van der Waals surface area contributed by atoms with Crippen LogP contribution in [-0.2, 0) is 10.0 Å². The van der Waals surface area contributed by atoms with Crippen LogP contribution in [0.5, 0.6) is 11.5 Å². The Kier molecular flexibility index (Phi) is 7.06. The first kappa shape index (κ1) is 24.0. The SMILES string of the molecule is COc1cc(OC)cc(C(=O)Nc2nc3ccc(S(=O)(=O)N(C(C)C)C(C)C)cc3s2)c1. The number of sulfonamides is 1. The van der Waals surface area contributed by atoms with E-state index in [1.54, 1.807) is 36.4 Å². The summed E-state index contributed by atoms with van der Waals surface area (Å²) in [4.78, 5) is 17.4. The summed E-state index contributed by atoms with van der Waals surface area (Å²) < 4.78 is 38.9. The molecule has 0 radical (unpaired) electrons. The summed E-state index contributed by atoms with van der Waals surface area (Å²) in [7, 11) is -0.648. The molecular weight excluding hydrogens is 450 g/mol. The minimum absolute atomic E-state index is 0.174. The maximum atomic E-state index is 13.2. The molecule has 0 spiro atoms. The first-order valence-electron chi connectivity index (χ1n) is 10.1. The molecule has 0 bridgehead atoms. The predicted molar refractivity (Wildman–Crippen MR) is 126 cm³/mol. The lowest BCUT2D eigenvalue weighted by molar-refractivity contribution is 0.102. The van der Waals surface area contributed by atoms with Gasteiger partial charge in [-0.05, 0) is 58.0 Å². The van der Waals surface area contributed by atoms with E-state index in [9.17, 15) is 13.2 Å². The number of nitrogens with zero attached hydrogens (tertiary/aromatic N) is 2. The van der Waals surface area contributed by atoms with Gasteiger partial charge in [-0.1, -0.05) is 11.3 Å². The fourth-order valence-corrected chi connectivity index (χ4v) is 6.33. The fraction of sp³-hybridized carbons (Fsp3) is 0.364. The van der Waals surface area contributed by atoms with Crippen LogP contribution >= 0.6 is 11.3 Å². The van der Waals surface area contributed by atoms with E-state index in [1.165, 1.54) is 29.9 Å². The van der Waals surface area contributed by atoms with Crippen molar-refractivity contribution in [2.24, 2.45) is 0 Å². The third-order valence-corrected chi connectivity index (χ3v) is 7.97. The Balaban J connectivity index is 1.91. The van der Waals surface area contributed by atoms with Crippen LogP contribution in [0.25, 0.3) is 10.2 Å². The topological polar surface area (TPSA) is 97.8 Å². The molecule has 32 heavy (non-hydrogen) atoms. The van der Waals surface area contributed by atoms with E-state index in [0.717, 1.165) is 0 Å². The van der Waals surface area contributed by atoms with Gasteiger partial charge in [0.25, 0.3) is 5.91 Å². The van der Waals surface area contributed by atoms with Gasteiger partial charge in [-0.25, -0.2) is 13.4 Å². The summed E-state index contributed by atoms with van der Waals surface area (Å²) in [6.07, 6.45) is 0. The van der Waals surface area contributed by atoms with E-state index in [1.807, 2.05) is 27.7 Å². The summed E-state index contributed by atoms with van der Waals surface area (Å²) in [5.41, 5.74) is 0.960. The van der Waals surface area contributed by atoms with Gasteiger partial charge in [0, 0.05) is 23.7 Å². The van der Waals surface area contributed by atoms with Crippen molar-refractivity contribution in [1.29, 1.82) is 0 Å². The lowest BCUT2D eigenvalue weighted by Gasteiger charge is -2.29. The highest BCUT2D eigenvalue weighted by Crippen LogP contribution is 2.31.